The van der Waals surface area contributed by atoms with E-state index in [0.29, 0.717) is 18.3 Å². The van der Waals surface area contributed by atoms with Crippen molar-refractivity contribution < 1.29 is 29.6 Å². The number of hydrogen-bond acceptors (Lipinski definition) is 6. The van der Waals surface area contributed by atoms with Crippen LogP contribution in [-0.2, 0) is 20.7 Å². The maximum Gasteiger partial charge on any atom is 0.193 e. The maximum absolute atomic E-state index is 12.0. The molecule has 6 heteroatoms. The highest BCUT2D eigenvalue weighted by molar-refractivity contribution is 5.91. The van der Waals surface area contributed by atoms with E-state index in [4.69, 9.17) is 4.74 Å². The van der Waals surface area contributed by atoms with Gasteiger partial charge in [0.2, 0.25) is 0 Å². The van der Waals surface area contributed by atoms with Gasteiger partial charge in [-0.3, -0.25) is 4.79 Å². The Morgan fingerprint density at radius 1 is 0.967 bits per heavy atom. The zero-order chi connectivity index (χ0) is 21.3. The summed E-state index contributed by atoms with van der Waals surface area (Å²) in [7, 11) is 0. The van der Waals surface area contributed by atoms with Crippen molar-refractivity contribution >= 4 is 12.1 Å². The van der Waals surface area contributed by atoms with E-state index in [2.05, 4.69) is 12.1 Å². The number of fused-ring (bicyclic) bond motifs is 1. The average molecular weight is 406 g/mol. The van der Waals surface area contributed by atoms with Gasteiger partial charge in [0, 0.05) is 5.56 Å². The fourth-order valence-electron chi connectivity index (χ4n) is 4.00. The average Bonchev–Trinajstić information content (AvgIpc) is 2.99. The highest BCUT2D eigenvalue weighted by atomic mass is 16.5. The lowest BCUT2D eigenvalue weighted by Crippen LogP contribution is -2.50. The number of phenolic OH excluding ortho intramolecular Hbond substituents is 1. The molecule has 3 aliphatic rings. The van der Waals surface area contributed by atoms with Crippen molar-refractivity contribution in [3.05, 3.63) is 77.4 Å². The number of aliphatic hydroxyl groups is 2. The molecule has 154 valence electrons. The Morgan fingerprint density at radius 2 is 1.67 bits per heavy atom. The molecule has 0 radical (unpaired) electrons. The molecular weight excluding hydrogens is 384 g/mol. The first kappa shape index (κ1) is 20.2. The number of ether oxygens (including phenoxy) is 1. The third kappa shape index (κ3) is 3.73. The standard InChI is InChI=1S/C24H22O6/c25-12-19-22(28)23(29)21(13-26)30-24(19)18-11-14(6-7-20(18)27)8-15-9-16-4-2-1-3-5-17(16)10-15/h1-7,9-12,19,21-22,24,26-28H,8,13H2/t19?,21-,22?,24+/m1/s1. The number of Topliss-reactive ketones (excluding diaryl/α,β-unsaturated/α-hetero) is 1. The fourth-order valence-corrected chi connectivity index (χ4v) is 4.00. The van der Waals surface area contributed by atoms with Gasteiger partial charge in [0.15, 0.2) is 5.78 Å². The van der Waals surface area contributed by atoms with E-state index in [9.17, 15) is 24.9 Å². The minimum Gasteiger partial charge on any atom is -0.508 e. The molecule has 0 aromatic heterocycles. The number of carbonyl (C=O) groups is 2. The minimum absolute atomic E-state index is 0.103. The van der Waals surface area contributed by atoms with Crippen LogP contribution in [0.15, 0.2) is 60.7 Å². The topological polar surface area (TPSA) is 104 Å². The molecule has 30 heavy (non-hydrogen) atoms. The van der Waals surface area contributed by atoms with Crippen LogP contribution in [-0.4, -0.2) is 46.2 Å². The number of rotatable bonds is 5. The largest absolute Gasteiger partial charge is 0.508 e. The van der Waals surface area contributed by atoms with Crippen LogP contribution in [0.5, 0.6) is 5.75 Å². The van der Waals surface area contributed by atoms with Crippen molar-refractivity contribution in [2.45, 2.75) is 24.7 Å². The van der Waals surface area contributed by atoms with Gasteiger partial charge in [-0.2, -0.15) is 0 Å². The molecule has 2 unspecified atom stereocenters. The molecule has 1 aromatic rings. The predicted octanol–water partition coefficient (Wildman–Crippen LogP) is 2.27. The van der Waals surface area contributed by atoms with Gasteiger partial charge in [-0.1, -0.05) is 48.5 Å². The van der Waals surface area contributed by atoms with Gasteiger partial charge >= 0.3 is 0 Å². The summed E-state index contributed by atoms with van der Waals surface area (Å²) in [5.74, 6) is -2.00. The van der Waals surface area contributed by atoms with Gasteiger partial charge in [0.25, 0.3) is 0 Å². The minimum atomic E-state index is -1.59. The molecule has 1 aliphatic heterocycles. The summed E-state index contributed by atoms with van der Waals surface area (Å²) in [5, 5.41) is 30.0. The normalized spacial score (nSPS) is 24.1. The van der Waals surface area contributed by atoms with Crippen molar-refractivity contribution in [3.8, 4) is 16.9 Å². The van der Waals surface area contributed by atoms with Crippen LogP contribution in [0.2, 0.25) is 0 Å². The summed E-state index contributed by atoms with van der Waals surface area (Å²) >= 11 is 0. The third-order valence-electron chi connectivity index (χ3n) is 5.55. The number of hydrogen-bond donors (Lipinski definition) is 3. The molecule has 1 heterocycles. The Bertz CT molecular complexity index is 1010. The Morgan fingerprint density at radius 3 is 2.30 bits per heavy atom. The van der Waals surface area contributed by atoms with Gasteiger partial charge < -0.3 is 24.9 Å². The summed E-state index contributed by atoms with van der Waals surface area (Å²) in [6.45, 7) is -0.615. The molecule has 1 saturated heterocycles. The maximum atomic E-state index is 12.0. The number of carbonyl (C=O) groups excluding carboxylic acids is 2. The van der Waals surface area contributed by atoms with E-state index in [1.165, 1.54) is 6.07 Å². The molecule has 1 aromatic carbocycles. The first-order chi connectivity index (χ1) is 14.5. The lowest BCUT2D eigenvalue weighted by atomic mass is 9.84. The summed E-state index contributed by atoms with van der Waals surface area (Å²) < 4.78 is 5.60. The van der Waals surface area contributed by atoms with Crippen LogP contribution >= 0.6 is 0 Å². The Kier molecular flexibility index (Phi) is 5.63. The lowest BCUT2D eigenvalue weighted by molar-refractivity contribution is -0.175. The highest BCUT2D eigenvalue weighted by Gasteiger charge is 2.45. The van der Waals surface area contributed by atoms with Crippen LogP contribution in [0.25, 0.3) is 11.1 Å². The van der Waals surface area contributed by atoms with Crippen LogP contribution in [0, 0.1) is 5.92 Å². The van der Waals surface area contributed by atoms with Gasteiger partial charge in [-0.25, -0.2) is 0 Å². The summed E-state index contributed by atoms with van der Waals surface area (Å²) in [6.07, 6.45) is -2.83. The van der Waals surface area contributed by atoms with Crippen LogP contribution in [0.3, 0.4) is 0 Å². The van der Waals surface area contributed by atoms with Gasteiger partial charge in [0.1, 0.15) is 24.2 Å². The van der Waals surface area contributed by atoms with E-state index in [1.807, 2.05) is 30.3 Å². The van der Waals surface area contributed by atoms with Crippen LogP contribution in [0.1, 0.15) is 22.8 Å². The van der Waals surface area contributed by atoms with E-state index < -0.39 is 36.6 Å². The SMILES string of the molecule is O=CC1C(O)C(=O)[C@@H](CO)O[C@H]1c1cc(Cc2cc3cccccc-3c2)ccc1O. The molecule has 0 amide bonds. The van der Waals surface area contributed by atoms with Gasteiger partial charge in [0.05, 0.1) is 18.6 Å². The number of aromatic hydroxyl groups is 1. The molecule has 1 fully saturated rings. The molecular formula is C24H22O6. The van der Waals surface area contributed by atoms with Crippen molar-refractivity contribution in [2.75, 3.05) is 6.61 Å². The molecule has 2 aliphatic carbocycles. The van der Waals surface area contributed by atoms with E-state index in [-0.39, 0.29) is 5.75 Å². The molecule has 0 bridgehead atoms. The summed E-state index contributed by atoms with van der Waals surface area (Å²) in [4.78, 5) is 23.6. The Balaban J connectivity index is 1.66. The summed E-state index contributed by atoms with van der Waals surface area (Å²) in [5.41, 5.74) is 4.52. The second-order valence-corrected chi connectivity index (χ2v) is 7.54. The Labute approximate surface area is 173 Å². The highest BCUT2D eigenvalue weighted by Crippen LogP contribution is 2.39. The zero-order valence-corrected chi connectivity index (χ0v) is 16.1. The first-order valence-electron chi connectivity index (χ1n) is 9.74. The van der Waals surface area contributed by atoms with Crippen molar-refractivity contribution in [2.24, 2.45) is 5.92 Å². The molecule has 3 N–H and O–H groups in total. The van der Waals surface area contributed by atoms with Crippen LogP contribution < -0.4 is 0 Å². The van der Waals surface area contributed by atoms with Gasteiger partial charge in [-0.15, -0.1) is 0 Å². The first-order valence-corrected chi connectivity index (χ1v) is 9.74. The van der Waals surface area contributed by atoms with E-state index in [1.54, 1.807) is 12.1 Å². The van der Waals surface area contributed by atoms with Gasteiger partial charge in [-0.05, 0) is 40.8 Å². The fraction of sp³-hybridized carbons (Fsp3) is 0.250. The molecule has 4 rings (SSSR count). The van der Waals surface area contributed by atoms with Crippen molar-refractivity contribution in [1.29, 1.82) is 0 Å². The molecule has 6 nitrogen and oxygen atoms in total. The van der Waals surface area contributed by atoms with Crippen molar-refractivity contribution in [3.63, 3.8) is 0 Å². The number of benzene rings is 1. The van der Waals surface area contributed by atoms with E-state index >= 15 is 0 Å². The third-order valence-corrected chi connectivity index (χ3v) is 5.55. The Hall–Kier alpha value is -3.06. The number of ketones is 1. The van der Waals surface area contributed by atoms with E-state index in [0.717, 1.165) is 22.3 Å². The lowest BCUT2D eigenvalue weighted by Gasteiger charge is -2.36. The molecule has 0 saturated carbocycles. The second kappa shape index (κ2) is 8.36. The quantitative estimate of drug-likeness (QED) is 0.562. The zero-order valence-electron chi connectivity index (χ0n) is 16.1. The second-order valence-electron chi connectivity index (χ2n) is 7.54. The molecule has 0 spiro atoms. The molecule has 4 atom stereocenters. The predicted molar refractivity (Wildman–Crippen MR) is 109 cm³/mol. The summed E-state index contributed by atoms with van der Waals surface area (Å²) in [6, 6.07) is 19.2. The number of phenols is 1. The number of aldehydes is 1. The number of aliphatic hydroxyl groups excluding tert-OH is 2. The smallest absolute Gasteiger partial charge is 0.193 e. The van der Waals surface area contributed by atoms with Crippen LogP contribution in [0.4, 0.5) is 0 Å². The monoisotopic (exact) mass is 406 g/mol. The van der Waals surface area contributed by atoms with Crippen molar-refractivity contribution in [1.82, 2.24) is 0 Å².